The van der Waals surface area contributed by atoms with Gasteiger partial charge in [0.25, 0.3) is 0 Å². The molecule has 0 aromatic carbocycles. The van der Waals surface area contributed by atoms with E-state index in [2.05, 4.69) is 6.92 Å². The molecule has 4 aliphatic rings. The van der Waals surface area contributed by atoms with E-state index in [0.717, 1.165) is 31.6 Å². The molecule has 4 unspecified atom stereocenters. The van der Waals surface area contributed by atoms with Gasteiger partial charge in [-0.25, -0.2) is 4.79 Å². The molecule has 1 amide bonds. The number of nitrogens with two attached hydrogens (primary N) is 1. The van der Waals surface area contributed by atoms with E-state index in [0.29, 0.717) is 30.1 Å². The van der Waals surface area contributed by atoms with Gasteiger partial charge in [-0.15, -0.1) is 0 Å². The average molecular weight is 436 g/mol. The highest BCUT2D eigenvalue weighted by Gasteiger charge is 2.66. The lowest BCUT2D eigenvalue weighted by atomic mass is 9.43. The molecule has 4 fully saturated rings. The number of aliphatic hydroxyl groups is 1. The number of carboxylic acids is 1. The van der Waals surface area contributed by atoms with E-state index in [9.17, 15) is 19.8 Å². The fraction of sp³-hybridized carbons (Fsp3) is 0.920. The number of carbonyl (C=O) groups is 2. The molecule has 4 N–H and O–H groups in total. The van der Waals surface area contributed by atoms with Gasteiger partial charge in [0, 0.05) is 17.9 Å². The zero-order valence-corrected chi connectivity index (χ0v) is 19.2. The van der Waals surface area contributed by atoms with Gasteiger partial charge in [-0.2, -0.15) is 0 Å². The van der Waals surface area contributed by atoms with Crippen LogP contribution < -0.4 is 5.73 Å². The van der Waals surface area contributed by atoms with Gasteiger partial charge in [0.05, 0.1) is 5.92 Å². The molecule has 4 saturated carbocycles. The first-order chi connectivity index (χ1) is 14.8. The molecule has 0 aromatic heterocycles. The van der Waals surface area contributed by atoms with E-state index in [4.69, 9.17) is 10.5 Å². The molecule has 0 radical (unpaired) electrons. The highest BCUT2D eigenvalue weighted by atomic mass is 16.6. The summed E-state index contributed by atoms with van der Waals surface area (Å²) in [6, 6.07) is 0. The maximum absolute atomic E-state index is 12.5. The van der Waals surface area contributed by atoms with Crippen molar-refractivity contribution < 1.29 is 24.5 Å². The molecule has 31 heavy (non-hydrogen) atoms. The van der Waals surface area contributed by atoms with Crippen LogP contribution in [-0.2, 0) is 9.53 Å². The van der Waals surface area contributed by atoms with Gasteiger partial charge in [-0.3, -0.25) is 4.79 Å². The number of primary amides is 1. The Morgan fingerprint density at radius 2 is 1.84 bits per heavy atom. The lowest BCUT2D eigenvalue weighted by Gasteiger charge is -2.62. The lowest BCUT2D eigenvalue weighted by Crippen LogP contribution is -2.60. The highest BCUT2D eigenvalue weighted by Crippen LogP contribution is 2.69. The molecular weight excluding hydrogens is 394 g/mol. The topological polar surface area (TPSA) is 110 Å². The second-order valence-electron chi connectivity index (χ2n) is 11.2. The summed E-state index contributed by atoms with van der Waals surface area (Å²) >= 11 is 0. The fourth-order valence-electron chi connectivity index (χ4n) is 9.14. The molecule has 6 nitrogen and oxygen atoms in total. The van der Waals surface area contributed by atoms with Crippen LogP contribution in [0, 0.1) is 46.3 Å². The third kappa shape index (κ3) is 3.48. The molecule has 0 saturated heterocycles. The minimum Gasteiger partial charge on any atom is -0.481 e. The maximum Gasteiger partial charge on any atom is 0.404 e. The van der Waals surface area contributed by atoms with E-state index >= 15 is 0 Å². The number of carboxylic acid groups (broad SMARTS) is 1. The standard InChI is InChI=1S/C25H41NO5/c1-3-15(14-27)21(31-23(26)30)25-13-11-18-17(19(25)9-10-20(25)22(28)29)8-7-16-6-4-5-12-24(16,18)2/h15-21,27H,3-14H2,1-2H3,(H2,26,30)(H,28,29)/t15?,16?,17-,18+,19+,20?,21?,24+,25-/m1/s1. The van der Waals surface area contributed by atoms with Crippen molar-refractivity contribution in [1.29, 1.82) is 0 Å². The van der Waals surface area contributed by atoms with Gasteiger partial charge in [0.2, 0.25) is 0 Å². The van der Waals surface area contributed by atoms with E-state index in [1.165, 1.54) is 32.1 Å². The second kappa shape index (κ2) is 8.57. The fourth-order valence-corrected chi connectivity index (χ4v) is 9.14. The van der Waals surface area contributed by atoms with Crippen LogP contribution in [0.4, 0.5) is 4.79 Å². The van der Waals surface area contributed by atoms with Crippen LogP contribution in [-0.4, -0.2) is 35.0 Å². The van der Waals surface area contributed by atoms with Crippen LogP contribution in [0.25, 0.3) is 0 Å². The number of rotatable bonds is 6. The quantitative estimate of drug-likeness (QED) is 0.565. The van der Waals surface area contributed by atoms with Crippen LogP contribution in [0.15, 0.2) is 0 Å². The molecule has 0 bridgehead atoms. The molecular formula is C25H41NO5. The number of aliphatic carboxylic acids is 1. The molecule has 0 spiro atoms. The maximum atomic E-state index is 12.5. The summed E-state index contributed by atoms with van der Waals surface area (Å²) in [6.45, 7) is 4.35. The van der Waals surface area contributed by atoms with Crippen molar-refractivity contribution in [2.24, 2.45) is 52.1 Å². The minimum atomic E-state index is -0.855. The van der Waals surface area contributed by atoms with Crippen molar-refractivity contribution in [2.45, 2.75) is 90.6 Å². The van der Waals surface area contributed by atoms with Gasteiger partial charge in [-0.05, 0) is 86.9 Å². The van der Waals surface area contributed by atoms with Crippen LogP contribution in [0.3, 0.4) is 0 Å². The normalized spacial score (nSPS) is 43.8. The molecule has 0 aliphatic heterocycles. The Labute approximate surface area is 186 Å². The van der Waals surface area contributed by atoms with Gasteiger partial charge >= 0.3 is 12.1 Å². The summed E-state index contributed by atoms with van der Waals surface area (Å²) in [5.74, 6) is 0.508. The summed E-state index contributed by atoms with van der Waals surface area (Å²) in [7, 11) is 0. The Kier molecular flexibility index (Phi) is 6.32. The van der Waals surface area contributed by atoms with Crippen molar-refractivity contribution in [3.8, 4) is 0 Å². The smallest absolute Gasteiger partial charge is 0.404 e. The number of hydrogen-bond donors (Lipinski definition) is 3. The molecule has 4 rings (SSSR count). The van der Waals surface area contributed by atoms with Crippen LogP contribution in [0.1, 0.15) is 84.5 Å². The van der Waals surface area contributed by atoms with Crippen molar-refractivity contribution >= 4 is 12.1 Å². The highest BCUT2D eigenvalue weighted by molar-refractivity contribution is 5.72. The third-order valence-electron chi connectivity index (χ3n) is 10.4. The Morgan fingerprint density at radius 3 is 2.48 bits per heavy atom. The largest absolute Gasteiger partial charge is 0.481 e. The minimum absolute atomic E-state index is 0.122. The van der Waals surface area contributed by atoms with Crippen LogP contribution in [0.5, 0.6) is 0 Å². The Hall–Kier alpha value is -1.30. The average Bonchev–Trinajstić information content (AvgIpc) is 3.14. The van der Waals surface area contributed by atoms with Crippen LogP contribution in [0.2, 0.25) is 0 Å². The third-order valence-corrected chi connectivity index (χ3v) is 10.4. The summed E-state index contributed by atoms with van der Waals surface area (Å²) in [5, 5.41) is 20.4. The summed E-state index contributed by atoms with van der Waals surface area (Å²) in [5.41, 5.74) is 5.23. The van der Waals surface area contributed by atoms with Gasteiger partial charge < -0.3 is 20.7 Å². The van der Waals surface area contributed by atoms with E-state index < -0.39 is 29.5 Å². The lowest BCUT2D eigenvalue weighted by molar-refractivity contribution is -0.179. The Morgan fingerprint density at radius 1 is 1.06 bits per heavy atom. The summed E-state index contributed by atoms with van der Waals surface area (Å²) < 4.78 is 5.75. The number of aliphatic hydroxyl groups excluding tert-OH is 1. The van der Waals surface area contributed by atoms with E-state index in [1.807, 2.05) is 6.92 Å². The van der Waals surface area contributed by atoms with E-state index in [1.54, 1.807) is 0 Å². The van der Waals surface area contributed by atoms with Gasteiger partial charge in [0.15, 0.2) is 0 Å². The number of hydrogen-bond acceptors (Lipinski definition) is 4. The SMILES string of the molecule is CCC(CO)C(OC(N)=O)[C@]12CC[C@H]3[C@@H](CCC4CCCC[C@@]43C)[C@@H]1CCC2C(=O)O. The molecule has 6 heteroatoms. The summed E-state index contributed by atoms with van der Waals surface area (Å²) in [6.07, 6.45) is 10.1. The van der Waals surface area contributed by atoms with E-state index in [-0.39, 0.29) is 18.4 Å². The zero-order chi connectivity index (χ0) is 22.4. The van der Waals surface area contributed by atoms with Crippen molar-refractivity contribution in [2.75, 3.05) is 6.61 Å². The van der Waals surface area contributed by atoms with Gasteiger partial charge in [-0.1, -0.05) is 26.7 Å². The number of amides is 1. The first-order valence-corrected chi connectivity index (χ1v) is 12.6. The van der Waals surface area contributed by atoms with Crippen molar-refractivity contribution in [3.05, 3.63) is 0 Å². The monoisotopic (exact) mass is 435 g/mol. The van der Waals surface area contributed by atoms with Crippen molar-refractivity contribution in [1.82, 2.24) is 0 Å². The van der Waals surface area contributed by atoms with Crippen molar-refractivity contribution in [3.63, 3.8) is 0 Å². The van der Waals surface area contributed by atoms with Crippen LogP contribution >= 0.6 is 0 Å². The Balaban J connectivity index is 1.75. The molecule has 9 atom stereocenters. The Bertz CT molecular complexity index is 693. The molecule has 0 aromatic rings. The first kappa shape index (κ1) is 22.9. The number of carbonyl (C=O) groups excluding carboxylic acids is 1. The number of ether oxygens (including phenoxy) is 1. The van der Waals surface area contributed by atoms with Gasteiger partial charge in [0.1, 0.15) is 6.10 Å². The molecule has 4 aliphatic carbocycles. The molecule has 176 valence electrons. The first-order valence-electron chi connectivity index (χ1n) is 12.6. The predicted molar refractivity (Wildman–Crippen MR) is 117 cm³/mol. The molecule has 0 heterocycles. The summed E-state index contributed by atoms with van der Waals surface area (Å²) in [4.78, 5) is 24.4. The zero-order valence-electron chi connectivity index (χ0n) is 19.2. The number of fused-ring (bicyclic) bond motifs is 5. The predicted octanol–water partition coefficient (Wildman–Crippen LogP) is 4.58. The second-order valence-corrected chi connectivity index (χ2v) is 11.2.